The van der Waals surface area contributed by atoms with Crippen LogP contribution >= 0.6 is 0 Å². The summed E-state index contributed by atoms with van der Waals surface area (Å²) in [5, 5.41) is 13.1. The zero-order chi connectivity index (χ0) is 13.0. The van der Waals surface area contributed by atoms with Gasteiger partial charge in [0.05, 0.1) is 10.3 Å². The van der Waals surface area contributed by atoms with E-state index in [2.05, 4.69) is 5.32 Å². The minimum Gasteiger partial charge on any atom is -0.389 e. The molecule has 0 aromatic carbocycles. The van der Waals surface area contributed by atoms with Gasteiger partial charge in [-0.1, -0.05) is 13.8 Å². The Morgan fingerprint density at radius 1 is 1.12 bits per heavy atom. The van der Waals surface area contributed by atoms with Gasteiger partial charge in [0, 0.05) is 19.3 Å². The second-order valence-electron chi connectivity index (χ2n) is 5.07. The van der Waals surface area contributed by atoms with Crippen LogP contribution in [0.15, 0.2) is 0 Å². The van der Waals surface area contributed by atoms with Crippen molar-refractivity contribution in [2.24, 2.45) is 0 Å². The van der Waals surface area contributed by atoms with Gasteiger partial charge in [0.1, 0.15) is 0 Å². The van der Waals surface area contributed by atoms with Gasteiger partial charge in [-0.15, -0.1) is 0 Å². The molecule has 98 valence electrons. The molecule has 16 heavy (non-hydrogen) atoms. The average molecular weight is 251 g/mol. The van der Waals surface area contributed by atoms with Crippen LogP contribution in [0.2, 0.25) is 0 Å². The minimum atomic E-state index is -3.08. The van der Waals surface area contributed by atoms with Crippen LogP contribution in [0.3, 0.4) is 0 Å². The van der Waals surface area contributed by atoms with E-state index in [1.807, 2.05) is 13.8 Å². The van der Waals surface area contributed by atoms with Crippen molar-refractivity contribution in [2.45, 2.75) is 50.9 Å². The normalized spacial score (nSPS) is 14.1. The summed E-state index contributed by atoms with van der Waals surface area (Å²) < 4.78 is 22.1. The van der Waals surface area contributed by atoms with Crippen LogP contribution in [0.4, 0.5) is 0 Å². The lowest BCUT2D eigenvalue weighted by Crippen LogP contribution is -2.47. The SMILES string of the molecule is CCC(O)(CC)CNCC(C)(C)S(C)(=O)=O. The van der Waals surface area contributed by atoms with E-state index >= 15 is 0 Å². The third-order valence-electron chi connectivity index (χ3n) is 3.32. The van der Waals surface area contributed by atoms with E-state index in [4.69, 9.17) is 0 Å². The van der Waals surface area contributed by atoms with E-state index in [1.165, 1.54) is 6.26 Å². The van der Waals surface area contributed by atoms with Crippen LogP contribution < -0.4 is 5.32 Å². The highest BCUT2D eigenvalue weighted by atomic mass is 32.2. The molecule has 4 nitrogen and oxygen atoms in total. The van der Waals surface area contributed by atoms with Gasteiger partial charge in [-0.3, -0.25) is 0 Å². The molecule has 0 saturated carbocycles. The topological polar surface area (TPSA) is 66.4 Å². The van der Waals surface area contributed by atoms with Gasteiger partial charge in [0.15, 0.2) is 9.84 Å². The van der Waals surface area contributed by atoms with E-state index in [1.54, 1.807) is 13.8 Å². The molecule has 0 aromatic heterocycles. The van der Waals surface area contributed by atoms with Gasteiger partial charge >= 0.3 is 0 Å². The van der Waals surface area contributed by atoms with Gasteiger partial charge in [0.2, 0.25) is 0 Å². The highest BCUT2D eigenvalue weighted by molar-refractivity contribution is 7.92. The third kappa shape index (κ3) is 4.39. The quantitative estimate of drug-likeness (QED) is 0.707. The molecule has 0 unspecified atom stereocenters. The Bertz CT molecular complexity index is 305. The lowest BCUT2D eigenvalue weighted by molar-refractivity contribution is 0.0323. The van der Waals surface area contributed by atoms with Gasteiger partial charge in [-0.2, -0.15) is 0 Å². The predicted octanol–water partition coefficient (Wildman–Crippen LogP) is 0.950. The molecule has 0 radical (unpaired) electrons. The maximum atomic E-state index is 11.4. The van der Waals surface area contributed by atoms with Crippen molar-refractivity contribution in [3.05, 3.63) is 0 Å². The van der Waals surface area contributed by atoms with E-state index in [0.29, 0.717) is 25.9 Å². The number of sulfone groups is 1. The van der Waals surface area contributed by atoms with Gasteiger partial charge in [-0.25, -0.2) is 8.42 Å². The van der Waals surface area contributed by atoms with Crippen molar-refractivity contribution in [3.63, 3.8) is 0 Å². The predicted molar refractivity (Wildman–Crippen MR) is 67.3 cm³/mol. The first kappa shape index (κ1) is 15.9. The first-order chi connectivity index (χ1) is 7.08. The first-order valence-electron chi connectivity index (χ1n) is 5.70. The maximum Gasteiger partial charge on any atom is 0.153 e. The highest BCUT2D eigenvalue weighted by Gasteiger charge is 2.31. The lowest BCUT2D eigenvalue weighted by atomic mass is 9.97. The zero-order valence-electron chi connectivity index (χ0n) is 11.0. The van der Waals surface area contributed by atoms with E-state index < -0.39 is 20.2 Å². The van der Waals surface area contributed by atoms with Gasteiger partial charge < -0.3 is 10.4 Å². The van der Waals surface area contributed by atoms with Crippen molar-refractivity contribution in [1.82, 2.24) is 5.32 Å². The van der Waals surface area contributed by atoms with E-state index in [-0.39, 0.29) is 0 Å². The Morgan fingerprint density at radius 2 is 1.56 bits per heavy atom. The second-order valence-corrected chi connectivity index (χ2v) is 7.72. The Morgan fingerprint density at radius 3 is 1.88 bits per heavy atom. The molecule has 0 aromatic rings. The fourth-order valence-corrected chi connectivity index (χ4v) is 1.59. The van der Waals surface area contributed by atoms with Crippen molar-refractivity contribution in [3.8, 4) is 0 Å². The van der Waals surface area contributed by atoms with Crippen LogP contribution in [0, 0.1) is 0 Å². The standard InChI is InChI=1S/C11H25NO3S/c1-6-11(13,7-2)9-12-8-10(3,4)16(5,14)15/h12-13H,6-9H2,1-5H3. The lowest BCUT2D eigenvalue weighted by Gasteiger charge is -2.29. The molecule has 0 heterocycles. The molecular formula is C11H25NO3S. The number of aliphatic hydroxyl groups is 1. The number of nitrogens with one attached hydrogen (secondary N) is 1. The Labute approximate surface area is 99.4 Å². The van der Waals surface area contributed by atoms with Crippen molar-refractivity contribution < 1.29 is 13.5 Å². The fourth-order valence-electron chi connectivity index (χ4n) is 1.23. The Kier molecular flexibility index (Phi) is 5.42. The van der Waals surface area contributed by atoms with Crippen LogP contribution in [0.5, 0.6) is 0 Å². The number of rotatable bonds is 7. The molecule has 0 amide bonds. The molecule has 0 aliphatic rings. The molecular weight excluding hydrogens is 226 g/mol. The van der Waals surface area contributed by atoms with Crippen LogP contribution in [0.1, 0.15) is 40.5 Å². The fraction of sp³-hybridized carbons (Fsp3) is 1.00. The largest absolute Gasteiger partial charge is 0.389 e. The molecule has 0 fully saturated rings. The summed E-state index contributed by atoms with van der Waals surface area (Å²) in [6.45, 7) is 8.01. The smallest absolute Gasteiger partial charge is 0.153 e. The molecule has 0 bridgehead atoms. The molecule has 0 atom stereocenters. The average Bonchev–Trinajstić information content (AvgIpc) is 2.15. The zero-order valence-corrected chi connectivity index (χ0v) is 11.8. The molecule has 0 rings (SSSR count). The second kappa shape index (κ2) is 5.47. The van der Waals surface area contributed by atoms with E-state index in [9.17, 15) is 13.5 Å². The van der Waals surface area contributed by atoms with Gasteiger partial charge in [0.25, 0.3) is 0 Å². The molecule has 0 aliphatic carbocycles. The van der Waals surface area contributed by atoms with Gasteiger partial charge in [-0.05, 0) is 26.7 Å². The van der Waals surface area contributed by atoms with Crippen molar-refractivity contribution in [2.75, 3.05) is 19.3 Å². The summed E-state index contributed by atoms with van der Waals surface area (Å²) in [4.78, 5) is 0. The van der Waals surface area contributed by atoms with Crippen LogP contribution in [-0.2, 0) is 9.84 Å². The summed E-state index contributed by atoms with van der Waals surface area (Å²) in [6, 6.07) is 0. The summed E-state index contributed by atoms with van der Waals surface area (Å²) in [7, 11) is -3.08. The summed E-state index contributed by atoms with van der Waals surface area (Å²) in [5.41, 5.74) is -0.729. The maximum absolute atomic E-state index is 11.4. The molecule has 0 aliphatic heterocycles. The highest BCUT2D eigenvalue weighted by Crippen LogP contribution is 2.16. The molecule has 5 heteroatoms. The monoisotopic (exact) mass is 251 g/mol. The Hall–Kier alpha value is -0.130. The molecule has 0 spiro atoms. The minimum absolute atomic E-state index is 0.355. The van der Waals surface area contributed by atoms with Crippen molar-refractivity contribution in [1.29, 1.82) is 0 Å². The van der Waals surface area contributed by atoms with Crippen molar-refractivity contribution >= 4 is 9.84 Å². The third-order valence-corrected chi connectivity index (χ3v) is 5.48. The summed E-state index contributed by atoms with van der Waals surface area (Å²) in [5.74, 6) is 0. The number of hydrogen-bond acceptors (Lipinski definition) is 4. The molecule has 0 saturated heterocycles. The van der Waals surface area contributed by atoms with Crippen LogP contribution in [-0.4, -0.2) is 43.2 Å². The molecule has 2 N–H and O–H groups in total. The first-order valence-corrected chi connectivity index (χ1v) is 7.60. The number of hydrogen-bond donors (Lipinski definition) is 2. The van der Waals surface area contributed by atoms with E-state index in [0.717, 1.165) is 0 Å². The summed E-state index contributed by atoms with van der Waals surface area (Å²) in [6.07, 6.45) is 2.56. The summed E-state index contributed by atoms with van der Waals surface area (Å²) >= 11 is 0. The Balaban J connectivity index is 4.29. The van der Waals surface area contributed by atoms with Crippen LogP contribution in [0.25, 0.3) is 0 Å².